The number of hydrogen-bond donors (Lipinski definition) is 1. The molecule has 0 unspecified atom stereocenters. The van der Waals surface area contributed by atoms with Crippen LogP contribution in [-0.2, 0) is 11.2 Å². The van der Waals surface area contributed by atoms with Crippen molar-refractivity contribution in [3.63, 3.8) is 0 Å². The zero-order valence-electron chi connectivity index (χ0n) is 11.3. The second kappa shape index (κ2) is 5.61. The molecule has 0 fully saturated rings. The monoisotopic (exact) mass is 313 g/mol. The van der Waals surface area contributed by atoms with Crippen LogP contribution >= 0.6 is 11.6 Å². The van der Waals surface area contributed by atoms with Gasteiger partial charge in [0.1, 0.15) is 0 Å². The van der Waals surface area contributed by atoms with E-state index in [9.17, 15) is 14.7 Å². The lowest BCUT2D eigenvalue weighted by Gasteiger charge is -2.05. The summed E-state index contributed by atoms with van der Waals surface area (Å²) in [7, 11) is 0. The van der Waals surface area contributed by atoms with E-state index in [-0.39, 0.29) is 17.9 Å². The third-order valence-corrected chi connectivity index (χ3v) is 3.58. The SMILES string of the molecule is O=C([O-])Cc1c(C(=O)c2cccnc2)[nH]c2cc(Cl)ccc12. The summed E-state index contributed by atoms with van der Waals surface area (Å²) in [5.74, 6) is -1.58. The van der Waals surface area contributed by atoms with Gasteiger partial charge in [-0.2, -0.15) is 0 Å². The van der Waals surface area contributed by atoms with Crippen molar-refractivity contribution in [2.45, 2.75) is 6.42 Å². The molecule has 1 aromatic carbocycles. The van der Waals surface area contributed by atoms with Crippen molar-refractivity contribution in [2.24, 2.45) is 0 Å². The Labute approximate surface area is 130 Å². The maximum Gasteiger partial charge on any atom is 0.211 e. The van der Waals surface area contributed by atoms with Gasteiger partial charge < -0.3 is 14.9 Å². The summed E-state index contributed by atoms with van der Waals surface area (Å²) in [6, 6.07) is 8.25. The maximum absolute atomic E-state index is 12.6. The van der Waals surface area contributed by atoms with Crippen LogP contribution < -0.4 is 5.11 Å². The summed E-state index contributed by atoms with van der Waals surface area (Å²) < 4.78 is 0. The molecule has 0 aliphatic carbocycles. The molecule has 0 saturated heterocycles. The molecule has 1 N–H and O–H groups in total. The van der Waals surface area contributed by atoms with Gasteiger partial charge in [0.25, 0.3) is 0 Å². The number of rotatable bonds is 4. The lowest BCUT2D eigenvalue weighted by molar-refractivity contribution is -0.304. The van der Waals surface area contributed by atoms with Gasteiger partial charge in [-0.05, 0) is 29.8 Å². The van der Waals surface area contributed by atoms with E-state index in [1.807, 2.05) is 0 Å². The number of pyridine rings is 1. The molecule has 110 valence electrons. The Hall–Kier alpha value is -2.66. The van der Waals surface area contributed by atoms with E-state index in [1.54, 1.807) is 36.5 Å². The standard InChI is InChI=1S/C16H11ClN2O3/c17-10-3-4-11-12(7-14(20)21)15(19-13(11)6-10)16(22)9-2-1-5-18-8-9/h1-6,8,19H,7H2,(H,20,21)/p-1. The number of aliphatic carboxylic acids is 1. The second-order valence-corrected chi connectivity index (χ2v) is 5.22. The highest BCUT2D eigenvalue weighted by Gasteiger charge is 2.19. The van der Waals surface area contributed by atoms with Crippen LogP contribution in [0.25, 0.3) is 10.9 Å². The molecule has 0 spiro atoms. The minimum absolute atomic E-state index is 0.217. The van der Waals surface area contributed by atoms with Crippen molar-refractivity contribution < 1.29 is 14.7 Å². The highest BCUT2D eigenvalue weighted by molar-refractivity contribution is 6.31. The first-order valence-electron chi connectivity index (χ1n) is 6.51. The predicted octanol–water partition coefficient (Wildman–Crippen LogP) is 1.74. The van der Waals surface area contributed by atoms with Crippen molar-refractivity contribution in [1.82, 2.24) is 9.97 Å². The summed E-state index contributed by atoms with van der Waals surface area (Å²) in [4.78, 5) is 30.5. The summed E-state index contributed by atoms with van der Waals surface area (Å²) in [5, 5.41) is 12.1. The van der Waals surface area contributed by atoms with Crippen LogP contribution in [0.2, 0.25) is 5.02 Å². The van der Waals surface area contributed by atoms with Gasteiger partial charge in [-0.1, -0.05) is 17.7 Å². The van der Waals surface area contributed by atoms with Gasteiger partial charge >= 0.3 is 0 Å². The molecule has 0 bridgehead atoms. The van der Waals surface area contributed by atoms with Crippen LogP contribution in [0.5, 0.6) is 0 Å². The van der Waals surface area contributed by atoms with E-state index in [2.05, 4.69) is 9.97 Å². The Morgan fingerprint density at radius 1 is 1.27 bits per heavy atom. The second-order valence-electron chi connectivity index (χ2n) is 4.79. The fourth-order valence-electron chi connectivity index (χ4n) is 2.39. The number of H-pyrrole nitrogens is 1. The fraction of sp³-hybridized carbons (Fsp3) is 0.0625. The number of carbonyl (C=O) groups excluding carboxylic acids is 2. The Kier molecular flexibility index (Phi) is 3.65. The molecule has 0 atom stereocenters. The molecule has 22 heavy (non-hydrogen) atoms. The number of carboxylic acids is 1. The normalized spacial score (nSPS) is 10.8. The summed E-state index contributed by atoms with van der Waals surface area (Å²) in [6.45, 7) is 0. The van der Waals surface area contributed by atoms with Crippen molar-refractivity contribution in [2.75, 3.05) is 0 Å². The van der Waals surface area contributed by atoms with E-state index < -0.39 is 5.97 Å². The number of hydrogen-bond acceptors (Lipinski definition) is 4. The predicted molar refractivity (Wildman–Crippen MR) is 79.7 cm³/mol. The van der Waals surface area contributed by atoms with Crippen LogP contribution in [0.4, 0.5) is 0 Å². The number of nitrogens with one attached hydrogen (secondary N) is 1. The molecule has 0 aliphatic heterocycles. The largest absolute Gasteiger partial charge is 0.550 e. The third kappa shape index (κ3) is 2.58. The Balaban J connectivity index is 2.19. The highest BCUT2D eigenvalue weighted by Crippen LogP contribution is 2.27. The van der Waals surface area contributed by atoms with Crippen molar-refractivity contribution in [3.05, 3.63) is 64.6 Å². The average molecular weight is 314 g/mol. The van der Waals surface area contributed by atoms with Crippen LogP contribution in [0, 0.1) is 0 Å². The molecule has 0 saturated carbocycles. The molecule has 6 heteroatoms. The van der Waals surface area contributed by atoms with Crippen molar-refractivity contribution in [3.8, 4) is 0 Å². The Morgan fingerprint density at radius 2 is 2.09 bits per heavy atom. The number of aromatic nitrogens is 2. The quantitative estimate of drug-likeness (QED) is 0.743. The van der Waals surface area contributed by atoms with Gasteiger partial charge in [-0.15, -0.1) is 0 Å². The number of carbonyl (C=O) groups is 2. The number of fused-ring (bicyclic) bond motifs is 1. The zero-order valence-corrected chi connectivity index (χ0v) is 12.1. The van der Waals surface area contributed by atoms with Gasteiger partial charge in [0.05, 0.1) is 5.69 Å². The van der Waals surface area contributed by atoms with Gasteiger partial charge in [-0.25, -0.2) is 0 Å². The first kappa shape index (κ1) is 14.3. The minimum atomic E-state index is -1.25. The number of aromatic amines is 1. The number of carboxylic acid groups (broad SMARTS) is 1. The molecular weight excluding hydrogens is 304 g/mol. The summed E-state index contributed by atoms with van der Waals surface area (Å²) in [6.07, 6.45) is 2.64. The van der Waals surface area contributed by atoms with Crippen LogP contribution in [0.1, 0.15) is 21.6 Å². The van der Waals surface area contributed by atoms with Crippen molar-refractivity contribution >= 4 is 34.3 Å². The van der Waals surface area contributed by atoms with Gasteiger partial charge in [-0.3, -0.25) is 9.78 Å². The Bertz CT molecular complexity index is 872. The summed E-state index contributed by atoms with van der Waals surface area (Å²) >= 11 is 5.94. The fourth-order valence-corrected chi connectivity index (χ4v) is 2.56. The molecule has 0 radical (unpaired) electrons. The van der Waals surface area contributed by atoms with Crippen molar-refractivity contribution in [1.29, 1.82) is 0 Å². The van der Waals surface area contributed by atoms with Gasteiger partial charge in [0.2, 0.25) is 5.78 Å². The maximum atomic E-state index is 12.6. The minimum Gasteiger partial charge on any atom is -0.550 e. The number of nitrogens with zero attached hydrogens (tertiary/aromatic N) is 1. The first-order valence-corrected chi connectivity index (χ1v) is 6.88. The van der Waals surface area contributed by atoms with E-state index in [4.69, 9.17) is 11.6 Å². The smallest absolute Gasteiger partial charge is 0.211 e. The lowest BCUT2D eigenvalue weighted by Crippen LogP contribution is -2.25. The number of halogens is 1. The third-order valence-electron chi connectivity index (χ3n) is 3.34. The molecule has 5 nitrogen and oxygen atoms in total. The highest BCUT2D eigenvalue weighted by atomic mass is 35.5. The topological polar surface area (TPSA) is 85.9 Å². The van der Waals surface area contributed by atoms with Crippen LogP contribution in [0.3, 0.4) is 0 Å². The molecule has 3 rings (SSSR count). The van der Waals surface area contributed by atoms with Gasteiger partial charge in [0.15, 0.2) is 0 Å². The molecule has 2 aromatic heterocycles. The zero-order chi connectivity index (χ0) is 15.7. The van der Waals surface area contributed by atoms with E-state index in [0.29, 0.717) is 27.1 Å². The van der Waals surface area contributed by atoms with E-state index in [1.165, 1.54) is 6.20 Å². The number of ketones is 1. The number of benzene rings is 1. The Morgan fingerprint density at radius 3 is 2.77 bits per heavy atom. The van der Waals surface area contributed by atoms with E-state index in [0.717, 1.165) is 0 Å². The van der Waals surface area contributed by atoms with E-state index >= 15 is 0 Å². The lowest BCUT2D eigenvalue weighted by atomic mass is 10.0. The average Bonchev–Trinajstić information content (AvgIpc) is 2.84. The van der Waals surface area contributed by atoms with Crippen LogP contribution in [-0.4, -0.2) is 21.7 Å². The molecule has 0 amide bonds. The first-order chi connectivity index (χ1) is 10.6. The molecular formula is C16H10ClN2O3-. The molecule has 3 aromatic rings. The van der Waals surface area contributed by atoms with Gasteiger partial charge in [0, 0.05) is 46.3 Å². The van der Waals surface area contributed by atoms with Crippen LogP contribution in [0.15, 0.2) is 42.7 Å². The molecule has 2 heterocycles. The summed E-state index contributed by atoms with van der Waals surface area (Å²) in [5.41, 5.74) is 1.59. The molecule has 0 aliphatic rings.